The van der Waals surface area contributed by atoms with E-state index < -0.39 is 0 Å². The van der Waals surface area contributed by atoms with Gasteiger partial charge in [-0.3, -0.25) is 9.69 Å². The number of esters is 1. The highest BCUT2D eigenvalue weighted by atomic mass is 16.5. The lowest BCUT2D eigenvalue weighted by atomic mass is 10.1. The number of rotatable bonds is 6. The second-order valence-corrected chi connectivity index (χ2v) is 3.37. The molecule has 0 spiro atoms. The van der Waals surface area contributed by atoms with Crippen molar-refractivity contribution >= 4 is 5.97 Å². The van der Waals surface area contributed by atoms with Crippen LogP contribution in [-0.2, 0) is 9.53 Å². The normalized spacial score (nSPS) is 15.3. The molecule has 0 amide bonds. The summed E-state index contributed by atoms with van der Waals surface area (Å²) in [4.78, 5) is 13.3. The van der Waals surface area contributed by atoms with Crippen molar-refractivity contribution < 1.29 is 14.6 Å². The van der Waals surface area contributed by atoms with E-state index in [1.54, 1.807) is 6.92 Å². The SMILES string of the molecule is CCOC(=O)C(CC)N(C)C(C)CO. The minimum absolute atomic E-state index is 0.0237. The van der Waals surface area contributed by atoms with Gasteiger partial charge in [0, 0.05) is 6.04 Å². The standard InChI is InChI=1S/C10H21NO3/c1-5-9(10(13)14-6-2)11(4)8(3)7-12/h8-9,12H,5-7H2,1-4H3. The first-order valence-corrected chi connectivity index (χ1v) is 5.07. The fourth-order valence-corrected chi connectivity index (χ4v) is 1.30. The van der Waals surface area contributed by atoms with Gasteiger partial charge in [0.2, 0.25) is 0 Å². The Labute approximate surface area is 85.9 Å². The van der Waals surface area contributed by atoms with Crippen LogP contribution in [0.1, 0.15) is 27.2 Å². The fourth-order valence-electron chi connectivity index (χ4n) is 1.30. The molecule has 0 aromatic heterocycles. The Kier molecular flexibility index (Phi) is 6.49. The minimum Gasteiger partial charge on any atom is -0.465 e. The van der Waals surface area contributed by atoms with E-state index in [1.807, 2.05) is 25.8 Å². The molecule has 0 bridgehead atoms. The number of carbonyl (C=O) groups is 1. The molecule has 0 aliphatic heterocycles. The lowest BCUT2D eigenvalue weighted by Crippen LogP contribution is -2.45. The zero-order valence-electron chi connectivity index (χ0n) is 9.49. The van der Waals surface area contributed by atoms with Crippen molar-refractivity contribution in [1.82, 2.24) is 4.90 Å². The average molecular weight is 203 g/mol. The summed E-state index contributed by atoms with van der Waals surface area (Å²) in [6.07, 6.45) is 0.694. The highest BCUT2D eigenvalue weighted by Crippen LogP contribution is 2.08. The van der Waals surface area contributed by atoms with Gasteiger partial charge in [-0.05, 0) is 27.3 Å². The molecule has 1 N–H and O–H groups in total. The van der Waals surface area contributed by atoms with Crippen LogP contribution in [0.4, 0.5) is 0 Å². The summed E-state index contributed by atoms with van der Waals surface area (Å²) >= 11 is 0. The first kappa shape index (κ1) is 13.4. The van der Waals surface area contributed by atoms with Crippen molar-refractivity contribution in [3.05, 3.63) is 0 Å². The summed E-state index contributed by atoms with van der Waals surface area (Å²) in [6, 6.07) is -0.276. The maximum atomic E-state index is 11.5. The molecule has 0 aliphatic rings. The Balaban J connectivity index is 4.31. The molecule has 0 saturated heterocycles. The third-order valence-electron chi connectivity index (χ3n) is 2.40. The number of aliphatic hydroxyl groups is 1. The van der Waals surface area contributed by atoms with E-state index in [1.165, 1.54) is 0 Å². The zero-order chi connectivity index (χ0) is 11.1. The second-order valence-electron chi connectivity index (χ2n) is 3.37. The topological polar surface area (TPSA) is 49.8 Å². The number of nitrogens with zero attached hydrogens (tertiary/aromatic N) is 1. The average Bonchev–Trinajstić information content (AvgIpc) is 2.18. The van der Waals surface area contributed by atoms with Crippen molar-refractivity contribution in [2.45, 2.75) is 39.3 Å². The van der Waals surface area contributed by atoms with Gasteiger partial charge in [-0.15, -0.1) is 0 Å². The van der Waals surface area contributed by atoms with E-state index in [4.69, 9.17) is 9.84 Å². The van der Waals surface area contributed by atoms with Crippen LogP contribution in [0, 0.1) is 0 Å². The second kappa shape index (κ2) is 6.79. The minimum atomic E-state index is -0.253. The molecule has 0 saturated carbocycles. The largest absolute Gasteiger partial charge is 0.465 e. The molecule has 0 aliphatic carbocycles. The Hall–Kier alpha value is -0.610. The molecule has 4 nitrogen and oxygen atoms in total. The van der Waals surface area contributed by atoms with E-state index in [0.717, 1.165) is 0 Å². The molecule has 0 aromatic rings. The predicted molar refractivity (Wildman–Crippen MR) is 55.0 cm³/mol. The maximum absolute atomic E-state index is 11.5. The van der Waals surface area contributed by atoms with Crippen molar-refractivity contribution in [1.29, 1.82) is 0 Å². The number of hydrogen-bond donors (Lipinski definition) is 1. The number of carbonyl (C=O) groups excluding carboxylic acids is 1. The molecule has 0 fully saturated rings. The van der Waals surface area contributed by atoms with Crippen molar-refractivity contribution in [3.8, 4) is 0 Å². The molecule has 0 rings (SSSR count). The Morgan fingerprint density at radius 3 is 2.43 bits per heavy atom. The Morgan fingerprint density at radius 2 is 2.07 bits per heavy atom. The van der Waals surface area contributed by atoms with Crippen LogP contribution in [0.3, 0.4) is 0 Å². The van der Waals surface area contributed by atoms with Crippen LogP contribution in [0.15, 0.2) is 0 Å². The highest BCUT2D eigenvalue weighted by molar-refractivity contribution is 5.75. The first-order valence-electron chi connectivity index (χ1n) is 5.07. The zero-order valence-corrected chi connectivity index (χ0v) is 9.49. The van der Waals surface area contributed by atoms with Gasteiger partial charge < -0.3 is 9.84 Å². The van der Waals surface area contributed by atoms with Crippen LogP contribution >= 0.6 is 0 Å². The number of ether oxygens (including phenoxy) is 1. The summed E-state index contributed by atoms with van der Waals surface area (Å²) in [5.41, 5.74) is 0. The molecule has 0 heterocycles. The molecule has 4 heteroatoms. The van der Waals surface area contributed by atoms with E-state index in [9.17, 15) is 4.79 Å². The quantitative estimate of drug-likeness (QED) is 0.644. The number of likely N-dealkylation sites (N-methyl/N-ethyl adjacent to an activating group) is 1. The molecular weight excluding hydrogens is 182 g/mol. The van der Waals surface area contributed by atoms with Gasteiger partial charge >= 0.3 is 5.97 Å². The van der Waals surface area contributed by atoms with E-state index in [-0.39, 0.29) is 24.7 Å². The summed E-state index contributed by atoms with van der Waals surface area (Å²) in [5.74, 6) is -0.210. The Bertz CT molecular complexity index is 173. The van der Waals surface area contributed by atoms with Gasteiger partial charge in [0.15, 0.2) is 0 Å². The number of hydrogen-bond acceptors (Lipinski definition) is 4. The lowest BCUT2D eigenvalue weighted by Gasteiger charge is -2.29. The van der Waals surface area contributed by atoms with Crippen LogP contribution in [0.5, 0.6) is 0 Å². The van der Waals surface area contributed by atoms with E-state index >= 15 is 0 Å². The third kappa shape index (κ3) is 3.64. The summed E-state index contributed by atoms with van der Waals surface area (Å²) in [7, 11) is 1.83. The summed E-state index contributed by atoms with van der Waals surface area (Å²) < 4.78 is 4.95. The monoisotopic (exact) mass is 203 g/mol. The Morgan fingerprint density at radius 1 is 1.50 bits per heavy atom. The lowest BCUT2D eigenvalue weighted by molar-refractivity contribution is -0.150. The van der Waals surface area contributed by atoms with E-state index in [2.05, 4.69) is 0 Å². The van der Waals surface area contributed by atoms with Crippen molar-refractivity contribution in [2.24, 2.45) is 0 Å². The molecule has 2 atom stereocenters. The van der Waals surface area contributed by atoms with Crippen molar-refractivity contribution in [2.75, 3.05) is 20.3 Å². The van der Waals surface area contributed by atoms with Crippen LogP contribution < -0.4 is 0 Å². The fraction of sp³-hybridized carbons (Fsp3) is 0.900. The third-order valence-corrected chi connectivity index (χ3v) is 2.40. The maximum Gasteiger partial charge on any atom is 0.323 e. The van der Waals surface area contributed by atoms with Gasteiger partial charge in [-0.2, -0.15) is 0 Å². The van der Waals surface area contributed by atoms with Crippen LogP contribution in [0.2, 0.25) is 0 Å². The summed E-state index contributed by atoms with van der Waals surface area (Å²) in [6.45, 7) is 6.05. The van der Waals surface area contributed by atoms with Crippen molar-refractivity contribution in [3.63, 3.8) is 0 Å². The highest BCUT2D eigenvalue weighted by Gasteiger charge is 2.25. The van der Waals surface area contributed by atoms with Gasteiger partial charge in [-0.1, -0.05) is 6.92 Å². The van der Waals surface area contributed by atoms with E-state index in [0.29, 0.717) is 13.0 Å². The van der Waals surface area contributed by atoms with Gasteiger partial charge in [0.25, 0.3) is 0 Å². The molecule has 14 heavy (non-hydrogen) atoms. The summed E-state index contributed by atoms with van der Waals surface area (Å²) in [5, 5.41) is 8.97. The molecule has 84 valence electrons. The number of aliphatic hydroxyl groups excluding tert-OH is 1. The van der Waals surface area contributed by atoms with Crippen LogP contribution in [0.25, 0.3) is 0 Å². The smallest absolute Gasteiger partial charge is 0.323 e. The molecule has 2 unspecified atom stereocenters. The van der Waals surface area contributed by atoms with Crippen LogP contribution in [-0.4, -0.2) is 48.3 Å². The first-order chi connectivity index (χ1) is 6.58. The van der Waals surface area contributed by atoms with Gasteiger partial charge in [0.05, 0.1) is 13.2 Å². The van der Waals surface area contributed by atoms with Gasteiger partial charge in [0.1, 0.15) is 6.04 Å². The van der Waals surface area contributed by atoms with Gasteiger partial charge in [-0.25, -0.2) is 0 Å². The molecular formula is C10H21NO3. The molecule has 0 aromatic carbocycles. The molecule has 0 radical (unpaired) electrons. The predicted octanol–water partition coefficient (Wildman–Crippen LogP) is 0.641.